The van der Waals surface area contributed by atoms with E-state index in [1.807, 2.05) is 36.4 Å². The van der Waals surface area contributed by atoms with Crippen LogP contribution in [0.4, 0.5) is 4.39 Å². The zero-order chi connectivity index (χ0) is 15.8. The van der Waals surface area contributed by atoms with Gasteiger partial charge in [0.15, 0.2) is 0 Å². The Hall–Kier alpha value is -3.25. The van der Waals surface area contributed by atoms with Gasteiger partial charge in [-0.1, -0.05) is 48.5 Å². The molecule has 1 aromatic heterocycles. The molecule has 23 heavy (non-hydrogen) atoms. The van der Waals surface area contributed by atoms with Gasteiger partial charge in [-0.05, 0) is 17.7 Å². The van der Waals surface area contributed by atoms with E-state index in [1.165, 1.54) is 6.07 Å². The SMILES string of the molecule is N#C/C(=C1\c2ccccc2-c2ncccc21)c1ccccc1F. The number of halogens is 1. The Morgan fingerprint density at radius 2 is 1.57 bits per heavy atom. The molecule has 0 aliphatic heterocycles. The van der Waals surface area contributed by atoms with Gasteiger partial charge in [0.25, 0.3) is 0 Å². The van der Waals surface area contributed by atoms with Crippen molar-refractivity contribution in [1.82, 2.24) is 4.98 Å². The molecule has 0 atom stereocenters. The molecule has 1 aliphatic carbocycles. The third-order valence-electron chi connectivity index (χ3n) is 4.03. The standard InChI is InChI=1S/C20H11FN2/c21-18-10-4-3-6-13(18)17(12-22)19-14-7-1-2-8-15(14)20-16(19)9-5-11-23-20/h1-11H/b19-17-. The summed E-state index contributed by atoms with van der Waals surface area (Å²) in [5, 5.41) is 9.72. The van der Waals surface area contributed by atoms with Crippen LogP contribution in [-0.2, 0) is 0 Å². The molecule has 0 bridgehead atoms. The van der Waals surface area contributed by atoms with Gasteiger partial charge in [-0.3, -0.25) is 4.98 Å². The molecule has 0 amide bonds. The molecule has 4 rings (SSSR count). The number of allylic oxidation sites excluding steroid dienone is 1. The number of nitrogens with zero attached hydrogens (tertiary/aromatic N) is 2. The van der Waals surface area contributed by atoms with Crippen molar-refractivity contribution in [3.05, 3.63) is 89.4 Å². The van der Waals surface area contributed by atoms with Gasteiger partial charge in [0.2, 0.25) is 0 Å². The van der Waals surface area contributed by atoms with Crippen LogP contribution >= 0.6 is 0 Å². The molecular formula is C20H11FN2. The van der Waals surface area contributed by atoms with E-state index in [1.54, 1.807) is 24.4 Å². The minimum Gasteiger partial charge on any atom is -0.256 e. The van der Waals surface area contributed by atoms with E-state index in [-0.39, 0.29) is 0 Å². The fourth-order valence-electron chi connectivity index (χ4n) is 3.06. The highest BCUT2D eigenvalue weighted by atomic mass is 19.1. The summed E-state index contributed by atoms with van der Waals surface area (Å²) in [7, 11) is 0. The van der Waals surface area contributed by atoms with Crippen molar-refractivity contribution in [3.8, 4) is 17.3 Å². The van der Waals surface area contributed by atoms with E-state index in [0.29, 0.717) is 11.1 Å². The molecular weight excluding hydrogens is 287 g/mol. The zero-order valence-corrected chi connectivity index (χ0v) is 12.1. The van der Waals surface area contributed by atoms with Crippen LogP contribution in [0.1, 0.15) is 16.7 Å². The van der Waals surface area contributed by atoms with Crippen LogP contribution in [-0.4, -0.2) is 4.98 Å². The molecule has 3 heteroatoms. The number of hydrogen-bond donors (Lipinski definition) is 0. The first-order valence-electron chi connectivity index (χ1n) is 7.25. The minimum absolute atomic E-state index is 0.316. The van der Waals surface area contributed by atoms with Gasteiger partial charge in [-0.15, -0.1) is 0 Å². The van der Waals surface area contributed by atoms with E-state index in [0.717, 1.165) is 28.0 Å². The fourth-order valence-corrected chi connectivity index (χ4v) is 3.06. The van der Waals surface area contributed by atoms with Crippen molar-refractivity contribution in [1.29, 1.82) is 5.26 Å². The lowest BCUT2D eigenvalue weighted by Crippen LogP contribution is -1.93. The summed E-state index contributed by atoms with van der Waals surface area (Å²) in [6.45, 7) is 0. The second-order valence-corrected chi connectivity index (χ2v) is 5.29. The first kappa shape index (κ1) is 13.4. The number of rotatable bonds is 1. The summed E-state index contributed by atoms with van der Waals surface area (Å²) in [6, 6.07) is 20.1. The molecule has 0 saturated heterocycles. The van der Waals surface area contributed by atoms with Gasteiger partial charge in [0.05, 0.1) is 11.3 Å². The number of nitriles is 1. The highest BCUT2D eigenvalue weighted by Crippen LogP contribution is 2.46. The Morgan fingerprint density at radius 3 is 2.35 bits per heavy atom. The third kappa shape index (κ3) is 1.96. The van der Waals surface area contributed by atoms with Crippen LogP contribution < -0.4 is 0 Å². The Balaban J connectivity index is 2.12. The average Bonchev–Trinajstić information content (AvgIpc) is 2.92. The lowest BCUT2D eigenvalue weighted by Gasteiger charge is -2.08. The number of fused-ring (bicyclic) bond motifs is 3. The molecule has 0 unspecified atom stereocenters. The second-order valence-electron chi connectivity index (χ2n) is 5.29. The lowest BCUT2D eigenvalue weighted by atomic mass is 9.94. The monoisotopic (exact) mass is 298 g/mol. The molecule has 108 valence electrons. The summed E-state index contributed by atoms with van der Waals surface area (Å²) in [5.41, 5.74) is 4.99. The third-order valence-corrected chi connectivity index (χ3v) is 4.03. The van der Waals surface area contributed by atoms with E-state index in [4.69, 9.17) is 0 Å². The maximum Gasteiger partial charge on any atom is 0.131 e. The van der Waals surface area contributed by atoms with E-state index in [2.05, 4.69) is 11.1 Å². The fraction of sp³-hybridized carbons (Fsp3) is 0. The maximum absolute atomic E-state index is 14.2. The van der Waals surface area contributed by atoms with Gasteiger partial charge in [-0.25, -0.2) is 4.39 Å². The van der Waals surface area contributed by atoms with Crippen LogP contribution in [0.3, 0.4) is 0 Å². The molecule has 1 heterocycles. The van der Waals surface area contributed by atoms with Crippen LogP contribution in [0, 0.1) is 17.1 Å². The molecule has 0 spiro atoms. The molecule has 0 radical (unpaired) electrons. The quantitative estimate of drug-likeness (QED) is 0.478. The van der Waals surface area contributed by atoms with Crippen LogP contribution in [0.2, 0.25) is 0 Å². The van der Waals surface area contributed by atoms with E-state index in [9.17, 15) is 9.65 Å². The molecule has 2 nitrogen and oxygen atoms in total. The van der Waals surface area contributed by atoms with Gasteiger partial charge in [0.1, 0.15) is 11.9 Å². The molecule has 0 fully saturated rings. The minimum atomic E-state index is -0.397. The molecule has 0 saturated carbocycles. The van der Waals surface area contributed by atoms with Crippen LogP contribution in [0.25, 0.3) is 22.4 Å². The summed E-state index contributed by atoms with van der Waals surface area (Å²) < 4.78 is 14.2. The number of hydrogen-bond acceptors (Lipinski definition) is 2. The van der Waals surface area contributed by atoms with E-state index < -0.39 is 5.82 Å². The van der Waals surface area contributed by atoms with Crippen LogP contribution in [0.15, 0.2) is 66.9 Å². The van der Waals surface area contributed by atoms with Crippen molar-refractivity contribution in [2.45, 2.75) is 0 Å². The molecule has 3 aromatic rings. The van der Waals surface area contributed by atoms with Gasteiger partial charge >= 0.3 is 0 Å². The Labute approximate surface area is 133 Å². The van der Waals surface area contributed by atoms with Gasteiger partial charge in [-0.2, -0.15) is 5.26 Å². The molecule has 1 aliphatic rings. The topological polar surface area (TPSA) is 36.7 Å². The second kappa shape index (κ2) is 5.19. The first-order valence-corrected chi connectivity index (χ1v) is 7.25. The van der Waals surface area contributed by atoms with Crippen molar-refractivity contribution >= 4 is 11.1 Å². The number of benzene rings is 2. The highest BCUT2D eigenvalue weighted by molar-refractivity contribution is 6.12. The Bertz CT molecular complexity index is 949. The zero-order valence-electron chi connectivity index (χ0n) is 12.1. The smallest absolute Gasteiger partial charge is 0.131 e. The van der Waals surface area contributed by atoms with Gasteiger partial charge in [0, 0.05) is 28.5 Å². The predicted molar refractivity (Wildman–Crippen MR) is 87.6 cm³/mol. The Kier molecular flexibility index (Phi) is 3.03. The normalized spacial score (nSPS) is 13.9. The molecule has 0 N–H and O–H groups in total. The number of aromatic nitrogens is 1. The van der Waals surface area contributed by atoms with Gasteiger partial charge < -0.3 is 0 Å². The molecule has 2 aromatic carbocycles. The summed E-state index contributed by atoms with van der Waals surface area (Å²) in [4.78, 5) is 4.45. The van der Waals surface area contributed by atoms with Crippen molar-refractivity contribution in [2.75, 3.05) is 0 Å². The predicted octanol–water partition coefficient (Wildman–Crippen LogP) is 4.68. The largest absolute Gasteiger partial charge is 0.256 e. The lowest BCUT2D eigenvalue weighted by molar-refractivity contribution is 0.624. The van der Waals surface area contributed by atoms with Crippen molar-refractivity contribution < 1.29 is 4.39 Å². The summed E-state index contributed by atoms with van der Waals surface area (Å²) >= 11 is 0. The van der Waals surface area contributed by atoms with Crippen LogP contribution in [0.5, 0.6) is 0 Å². The van der Waals surface area contributed by atoms with Crippen molar-refractivity contribution in [2.24, 2.45) is 0 Å². The summed E-state index contributed by atoms with van der Waals surface area (Å²) in [6.07, 6.45) is 1.73. The first-order chi connectivity index (χ1) is 11.3. The summed E-state index contributed by atoms with van der Waals surface area (Å²) in [5.74, 6) is -0.397. The number of pyridine rings is 1. The average molecular weight is 298 g/mol. The van der Waals surface area contributed by atoms with E-state index >= 15 is 0 Å². The Morgan fingerprint density at radius 1 is 0.870 bits per heavy atom. The maximum atomic E-state index is 14.2. The highest BCUT2D eigenvalue weighted by Gasteiger charge is 2.28. The van der Waals surface area contributed by atoms with Crippen molar-refractivity contribution in [3.63, 3.8) is 0 Å².